The summed E-state index contributed by atoms with van der Waals surface area (Å²) >= 11 is 0. The molecular weight excluding hydrogens is 350 g/mol. The van der Waals surface area contributed by atoms with Crippen LogP contribution in [0.3, 0.4) is 0 Å². The second kappa shape index (κ2) is 9.87. The number of nitrogens with one attached hydrogen (secondary N) is 3. The number of hydrogen-bond acceptors (Lipinski definition) is 3. The molecule has 1 amide bonds. The predicted molar refractivity (Wildman–Crippen MR) is 113 cm³/mol. The molecule has 3 N–H and O–H groups in total. The Morgan fingerprint density at radius 2 is 1.68 bits per heavy atom. The van der Waals surface area contributed by atoms with Gasteiger partial charge < -0.3 is 16.0 Å². The Balaban J connectivity index is 1.64. The van der Waals surface area contributed by atoms with Gasteiger partial charge in [-0.25, -0.2) is 4.99 Å². The summed E-state index contributed by atoms with van der Waals surface area (Å²) in [7, 11) is 0. The maximum Gasteiger partial charge on any atom is 0.243 e. The van der Waals surface area contributed by atoms with Crippen molar-refractivity contribution in [2.75, 3.05) is 17.2 Å². The number of guanidine groups is 1. The molecule has 6 heteroatoms. The van der Waals surface area contributed by atoms with E-state index in [4.69, 9.17) is 0 Å². The van der Waals surface area contributed by atoms with Gasteiger partial charge in [-0.3, -0.25) is 9.78 Å². The molecule has 0 unspecified atom stereocenters. The normalized spacial score (nSPS) is 11.0. The molecule has 0 fully saturated rings. The summed E-state index contributed by atoms with van der Waals surface area (Å²) in [6.07, 6.45) is 3.26. The number of anilines is 2. The highest BCUT2D eigenvalue weighted by atomic mass is 16.1. The van der Waals surface area contributed by atoms with Crippen molar-refractivity contribution in [2.24, 2.45) is 4.99 Å². The van der Waals surface area contributed by atoms with Gasteiger partial charge in [-0.15, -0.1) is 0 Å². The topological polar surface area (TPSA) is 78.4 Å². The lowest BCUT2D eigenvalue weighted by Gasteiger charge is -2.13. The van der Waals surface area contributed by atoms with Crippen molar-refractivity contribution in [3.05, 3.63) is 90.3 Å². The van der Waals surface area contributed by atoms with E-state index in [9.17, 15) is 4.79 Å². The molecule has 1 heterocycles. The molecule has 0 saturated heterocycles. The Morgan fingerprint density at radius 3 is 2.39 bits per heavy atom. The van der Waals surface area contributed by atoms with E-state index in [-0.39, 0.29) is 12.5 Å². The van der Waals surface area contributed by atoms with Crippen LogP contribution >= 0.6 is 0 Å². The molecule has 2 aromatic carbocycles. The number of aliphatic imine (C=N–C) groups is 1. The first-order valence-electron chi connectivity index (χ1n) is 9.05. The number of aromatic nitrogens is 1. The summed E-state index contributed by atoms with van der Waals surface area (Å²) in [5.41, 5.74) is 3.86. The highest BCUT2D eigenvalue weighted by Crippen LogP contribution is 2.07. The first-order chi connectivity index (χ1) is 13.7. The van der Waals surface area contributed by atoms with Crippen LogP contribution in [0.2, 0.25) is 0 Å². The van der Waals surface area contributed by atoms with Crippen LogP contribution in [0.4, 0.5) is 11.4 Å². The van der Waals surface area contributed by atoms with Crippen molar-refractivity contribution >= 4 is 23.2 Å². The van der Waals surface area contributed by atoms with E-state index in [1.807, 2.05) is 42.5 Å². The molecule has 0 aliphatic heterocycles. The molecule has 3 aromatic rings. The Morgan fingerprint density at radius 1 is 0.929 bits per heavy atom. The SMILES string of the molecule is Cc1ccc(CN=C(NCC(=O)Nc2cccnc2)Nc2ccccc2)cc1. The average molecular weight is 373 g/mol. The van der Waals surface area contributed by atoms with Crippen molar-refractivity contribution in [3.8, 4) is 0 Å². The van der Waals surface area contributed by atoms with Crippen LogP contribution in [0.25, 0.3) is 0 Å². The molecule has 0 aliphatic carbocycles. The summed E-state index contributed by atoms with van der Waals surface area (Å²) in [4.78, 5) is 20.8. The van der Waals surface area contributed by atoms with Gasteiger partial charge in [0, 0.05) is 11.9 Å². The minimum Gasteiger partial charge on any atom is -0.347 e. The highest BCUT2D eigenvalue weighted by Gasteiger charge is 2.06. The molecular formula is C22H23N5O. The Labute approximate surface area is 164 Å². The number of pyridine rings is 1. The molecule has 28 heavy (non-hydrogen) atoms. The number of nitrogens with zero attached hydrogens (tertiary/aromatic N) is 2. The van der Waals surface area contributed by atoms with Crippen molar-refractivity contribution < 1.29 is 4.79 Å². The number of hydrogen-bond donors (Lipinski definition) is 3. The summed E-state index contributed by atoms with van der Waals surface area (Å²) in [5, 5.41) is 9.10. The summed E-state index contributed by atoms with van der Waals surface area (Å²) < 4.78 is 0. The molecule has 0 atom stereocenters. The summed E-state index contributed by atoms with van der Waals surface area (Å²) in [6.45, 7) is 2.64. The molecule has 6 nitrogen and oxygen atoms in total. The second-order valence-electron chi connectivity index (χ2n) is 6.28. The Kier molecular flexibility index (Phi) is 6.73. The molecule has 0 aliphatic rings. The maximum atomic E-state index is 12.2. The lowest BCUT2D eigenvalue weighted by atomic mass is 10.1. The zero-order chi connectivity index (χ0) is 19.6. The first kappa shape index (κ1) is 19.1. The van der Waals surface area contributed by atoms with E-state index in [2.05, 4.69) is 45.0 Å². The largest absolute Gasteiger partial charge is 0.347 e. The maximum absolute atomic E-state index is 12.2. The Hall–Kier alpha value is -3.67. The van der Waals surface area contributed by atoms with Crippen molar-refractivity contribution in [1.82, 2.24) is 10.3 Å². The monoisotopic (exact) mass is 373 g/mol. The lowest BCUT2D eigenvalue weighted by Crippen LogP contribution is -2.37. The number of amides is 1. The van der Waals surface area contributed by atoms with E-state index in [0.717, 1.165) is 11.3 Å². The summed E-state index contributed by atoms with van der Waals surface area (Å²) in [6, 6.07) is 21.5. The number of benzene rings is 2. The fourth-order valence-corrected chi connectivity index (χ4v) is 2.47. The van der Waals surface area contributed by atoms with Crippen LogP contribution in [0, 0.1) is 6.92 Å². The quantitative estimate of drug-likeness (QED) is 0.456. The number of rotatable bonds is 6. The lowest BCUT2D eigenvalue weighted by molar-refractivity contribution is -0.115. The van der Waals surface area contributed by atoms with Gasteiger partial charge in [0.05, 0.1) is 25.0 Å². The zero-order valence-corrected chi connectivity index (χ0v) is 15.7. The fourth-order valence-electron chi connectivity index (χ4n) is 2.47. The van der Waals surface area contributed by atoms with Crippen LogP contribution in [-0.2, 0) is 11.3 Å². The predicted octanol–water partition coefficient (Wildman–Crippen LogP) is 3.59. The van der Waals surface area contributed by atoms with Gasteiger partial charge in [0.1, 0.15) is 0 Å². The van der Waals surface area contributed by atoms with Crippen molar-refractivity contribution in [3.63, 3.8) is 0 Å². The van der Waals surface area contributed by atoms with Gasteiger partial charge in [0.2, 0.25) is 5.91 Å². The van der Waals surface area contributed by atoms with E-state index < -0.39 is 0 Å². The number of aryl methyl sites for hydroxylation is 1. The van der Waals surface area contributed by atoms with Gasteiger partial charge in [-0.2, -0.15) is 0 Å². The smallest absolute Gasteiger partial charge is 0.243 e. The molecule has 1 aromatic heterocycles. The van der Waals surface area contributed by atoms with E-state index in [0.29, 0.717) is 18.2 Å². The molecule has 3 rings (SSSR count). The highest BCUT2D eigenvalue weighted by molar-refractivity contribution is 5.98. The summed E-state index contributed by atoms with van der Waals surface area (Å²) in [5.74, 6) is 0.360. The minimum atomic E-state index is -0.175. The minimum absolute atomic E-state index is 0.0848. The van der Waals surface area contributed by atoms with Crippen LogP contribution in [0.5, 0.6) is 0 Å². The van der Waals surface area contributed by atoms with Gasteiger partial charge in [-0.1, -0.05) is 48.0 Å². The zero-order valence-electron chi connectivity index (χ0n) is 15.7. The number of carbonyl (C=O) groups excluding carboxylic acids is 1. The van der Waals surface area contributed by atoms with Crippen LogP contribution in [-0.4, -0.2) is 23.4 Å². The third-order valence-electron chi connectivity index (χ3n) is 3.94. The molecule has 0 radical (unpaired) electrons. The van der Waals surface area contributed by atoms with Crippen LogP contribution < -0.4 is 16.0 Å². The van der Waals surface area contributed by atoms with Gasteiger partial charge in [0.25, 0.3) is 0 Å². The van der Waals surface area contributed by atoms with Gasteiger partial charge >= 0.3 is 0 Å². The number of para-hydroxylation sites is 1. The van der Waals surface area contributed by atoms with Crippen molar-refractivity contribution in [2.45, 2.75) is 13.5 Å². The van der Waals surface area contributed by atoms with Gasteiger partial charge in [0.15, 0.2) is 5.96 Å². The Bertz CT molecular complexity index is 909. The first-order valence-corrected chi connectivity index (χ1v) is 9.05. The third kappa shape index (κ3) is 6.25. The molecule has 0 spiro atoms. The fraction of sp³-hybridized carbons (Fsp3) is 0.136. The van der Waals surface area contributed by atoms with E-state index in [1.165, 1.54) is 5.56 Å². The third-order valence-corrected chi connectivity index (χ3v) is 3.94. The second-order valence-corrected chi connectivity index (χ2v) is 6.28. The van der Waals surface area contributed by atoms with Crippen LogP contribution in [0.1, 0.15) is 11.1 Å². The molecule has 142 valence electrons. The molecule has 0 bridgehead atoms. The van der Waals surface area contributed by atoms with E-state index in [1.54, 1.807) is 24.5 Å². The molecule has 0 saturated carbocycles. The standard InChI is InChI=1S/C22H23N5O/c1-17-9-11-18(12-10-17)14-24-22(27-19-6-3-2-4-7-19)25-16-21(28)26-20-8-5-13-23-15-20/h2-13,15H,14,16H2,1H3,(H,26,28)(H2,24,25,27). The van der Waals surface area contributed by atoms with Gasteiger partial charge in [-0.05, 0) is 36.8 Å². The van der Waals surface area contributed by atoms with Crippen LogP contribution in [0.15, 0.2) is 84.1 Å². The average Bonchev–Trinajstić information content (AvgIpc) is 2.73. The van der Waals surface area contributed by atoms with Crippen molar-refractivity contribution in [1.29, 1.82) is 0 Å². The number of carbonyl (C=O) groups is 1. The van der Waals surface area contributed by atoms with E-state index >= 15 is 0 Å².